The van der Waals surface area contributed by atoms with E-state index >= 15 is 0 Å². The lowest BCUT2D eigenvalue weighted by molar-refractivity contribution is -0.132. The van der Waals surface area contributed by atoms with E-state index in [0.717, 1.165) is 10.6 Å². The van der Waals surface area contributed by atoms with E-state index in [4.69, 9.17) is 0 Å². The molecule has 2 heterocycles. The number of hydrogen-bond donors (Lipinski definition) is 1. The Hall–Kier alpha value is -1.86. The molecule has 0 unspecified atom stereocenters. The van der Waals surface area contributed by atoms with E-state index < -0.39 is 0 Å². The second kappa shape index (κ2) is 8.68. The van der Waals surface area contributed by atoms with E-state index in [1.807, 2.05) is 35.4 Å². The van der Waals surface area contributed by atoms with Gasteiger partial charge in [-0.1, -0.05) is 18.2 Å². The van der Waals surface area contributed by atoms with Crippen LogP contribution in [-0.4, -0.2) is 40.5 Å². The van der Waals surface area contributed by atoms with Gasteiger partial charge in [0, 0.05) is 29.3 Å². The molecule has 1 aliphatic rings. The van der Waals surface area contributed by atoms with Gasteiger partial charge >= 0.3 is 0 Å². The van der Waals surface area contributed by atoms with Crippen LogP contribution in [0.4, 0.5) is 5.13 Å². The highest BCUT2D eigenvalue weighted by atomic mass is 32.2. The van der Waals surface area contributed by atoms with Crippen molar-refractivity contribution in [3.05, 3.63) is 40.9 Å². The summed E-state index contributed by atoms with van der Waals surface area (Å²) in [5, 5.41) is 5.46. The van der Waals surface area contributed by atoms with E-state index in [-0.39, 0.29) is 17.7 Å². The Balaban J connectivity index is 1.44. The van der Waals surface area contributed by atoms with Gasteiger partial charge in [0.05, 0.1) is 11.4 Å². The number of hydrogen-bond acceptors (Lipinski definition) is 5. The van der Waals surface area contributed by atoms with Gasteiger partial charge in [0.25, 0.3) is 0 Å². The molecule has 5 nitrogen and oxygen atoms in total. The molecule has 26 heavy (non-hydrogen) atoms. The molecular weight excluding hydrogens is 366 g/mol. The summed E-state index contributed by atoms with van der Waals surface area (Å²) in [6.07, 6.45) is 1.41. The summed E-state index contributed by atoms with van der Waals surface area (Å²) in [4.78, 5) is 32.1. The third kappa shape index (κ3) is 4.86. The smallest absolute Gasteiger partial charge is 0.232 e. The van der Waals surface area contributed by atoms with Crippen molar-refractivity contribution in [3.63, 3.8) is 0 Å². The molecule has 0 bridgehead atoms. The minimum absolute atomic E-state index is 0.0146. The van der Waals surface area contributed by atoms with Gasteiger partial charge < -0.3 is 10.2 Å². The molecule has 1 aromatic heterocycles. The Morgan fingerprint density at radius 2 is 2.00 bits per heavy atom. The number of thiazole rings is 1. The monoisotopic (exact) mass is 389 g/mol. The summed E-state index contributed by atoms with van der Waals surface area (Å²) in [6, 6.07) is 8.10. The summed E-state index contributed by atoms with van der Waals surface area (Å²) < 4.78 is 0. The fraction of sp³-hybridized carbons (Fsp3) is 0.421. The van der Waals surface area contributed by atoms with Crippen LogP contribution in [0.3, 0.4) is 0 Å². The third-order valence-electron chi connectivity index (χ3n) is 4.51. The molecular formula is C19H23N3O2S2. The number of likely N-dealkylation sites (tertiary alicyclic amines) is 1. The first kappa shape index (κ1) is 18.9. The molecule has 1 N–H and O–H groups in total. The van der Waals surface area contributed by atoms with Crippen LogP contribution in [0.2, 0.25) is 0 Å². The second-order valence-corrected chi connectivity index (χ2v) is 8.37. The average Bonchev–Trinajstić information content (AvgIpc) is 3.05. The van der Waals surface area contributed by atoms with Crippen molar-refractivity contribution in [2.45, 2.75) is 31.6 Å². The first-order valence-electron chi connectivity index (χ1n) is 8.72. The largest absolute Gasteiger partial charge is 0.342 e. The van der Waals surface area contributed by atoms with Gasteiger partial charge in [0.2, 0.25) is 11.8 Å². The third-order valence-corrected chi connectivity index (χ3v) is 6.55. The molecule has 7 heteroatoms. The number of amides is 2. The van der Waals surface area contributed by atoms with E-state index in [2.05, 4.69) is 23.3 Å². The SMILES string of the molecule is Cc1csc(NC(=O)C2CCN(C(=O)CSc3ccccc3C)CC2)n1. The summed E-state index contributed by atoms with van der Waals surface area (Å²) in [5.41, 5.74) is 2.11. The Morgan fingerprint density at radius 3 is 2.65 bits per heavy atom. The number of rotatable bonds is 5. The van der Waals surface area contributed by atoms with Crippen molar-refractivity contribution in [2.24, 2.45) is 5.92 Å². The Labute approximate surface area is 162 Å². The molecule has 0 atom stereocenters. The number of anilines is 1. The normalized spacial score (nSPS) is 15.1. The van der Waals surface area contributed by atoms with E-state index in [0.29, 0.717) is 36.8 Å². The van der Waals surface area contributed by atoms with E-state index in [1.165, 1.54) is 16.9 Å². The maximum Gasteiger partial charge on any atom is 0.232 e. The van der Waals surface area contributed by atoms with Gasteiger partial charge in [-0.2, -0.15) is 0 Å². The molecule has 2 aromatic rings. The fourth-order valence-electron chi connectivity index (χ4n) is 2.96. The van der Waals surface area contributed by atoms with Gasteiger partial charge in [-0.25, -0.2) is 4.98 Å². The number of carbonyl (C=O) groups excluding carboxylic acids is 2. The Bertz CT molecular complexity index is 783. The predicted octanol–water partition coefficient (Wildman–Crippen LogP) is 3.73. The number of thioether (sulfide) groups is 1. The average molecular weight is 390 g/mol. The standard InChI is InChI=1S/C19H23N3O2S2/c1-13-5-3-4-6-16(13)25-12-17(23)22-9-7-15(8-10-22)18(24)21-19-20-14(2)11-26-19/h3-6,11,15H,7-10,12H2,1-2H3,(H,20,21,24). The lowest BCUT2D eigenvalue weighted by atomic mass is 9.96. The minimum atomic E-state index is -0.0488. The predicted molar refractivity (Wildman–Crippen MR) is 107 cm³/mol. The summed E-state index contributed by atoms with van der Waals surface area (Å²) >= 11 is 3.03. The van der Waals surface area contributed by atoms with Crippen LogP contribution >= 0.6 is 23.1 Å². The molecule has 0 saturated carbocycles. The number of nitrogens with zero attached hydrogens (tertiary/aromatic N) is 2. The van der Waals surface area contributed by atoms with Gasteiger partial charge in [-0.05, 0) is 38.3 Å². The Morgan fingerprint density at radius 1 is 1.27 bits per heavy atom. The van der Waals surface area contributed by atoms with Crippen LogP contribution in [0, 0.1) is 19.8 Å². The highest BCUT2D eigenvalue weighted by molar-refractivity contribution is 8.00. The molecule has 1 fully saturated rings. The fourth-order valence-corrected chi connectivity index (χ4v) is 4.58. The minimum Gasteiger partial charge on any atom is -0.342 e. The topological polar surface area (TPSA) is 62.3 Å². The molecule has 2 amide bonds. The van der Waals surface area contributed by atoms with Gasteiger partial charge in [0.15, 0.2) is 5.13 Å². The zero-order valence-electron chi connectivity index (χ0n) is 15.0. The summed E-state index contributed by atoms with van der Waals surface area (Å²) in [5.74, 6) is 0.556. The molecule has 0 aliphatic carbocycles. The van der Waals surface area contributed by atoms with Gasteiger partial charge in [0.1, 0.15) is 0 Å². The number of aryl methyl sites for hydroxylation is 2. The van der Waals surface area contributed by atoms with Crippen LogP contribution in [0.1, 0.15) is 24.1 Å². The zero-order chi connectivity index (χ0) is 18.5. The molecule has 1 aliphatic heterocycles. The first-order valence-corrected chi connectivity index (χ1v) is 10.6. The quantitative estimate of drug-likeness (QED) is 0.792. The number of benzene rings is 1. The first-order chi connectivity index (χ1) is 12.5. The molecule has 1 aromatic carbocycles. The highest BCUT2D eigenvalue weighted by Gasteiger charge is 2.27. The second-order valence-electron chi connectivity index (χ2n) is 6.49. The van der Waals surface area contributed by atoms with Gasteiger partial charge in [-0.3, -0.25) is 9.59 Å². The maximum atomic E-state index is 12.4. The summed E-state index contributed by atoms with van der Waals surface area (Å²) in [6.45, 7) is 5.25. The molecule has 0 spiro atoms. The molecule has 1 saturated heterocycles. The van der Waals surface area contributed by atoms with Crippen molar-refractivity contribution in [1.82, 2.24) is 9.88 Å². The zero-order valence-corrected chi connectivity index (χ0v) is 16.7. The number of piperidine rings is 1. The van der Waals surface area contributed by atoms with Crippen molar-refractivity contribution in [2.75, 3.05) is 24.2 Å². The molecule has 3 rings (SSSR count). The highest BCUT2D eigenvalue weighted by Crippen LogP contribution is 2.24. The lowest BCUT2D eigenvalue weighted by Crippen LogP contribution is -2.42. The van der Waals surface area contributed by atoms with E-state index in [9.17, 15) is 9.59 Å². The Kier molecular flexibility index (Phi) is 6.32. The van der Waals surface area contributed by atoms with Crippen molar-refractivity contribution in [1.29, 1.82) is 0 Å². The molecule has 138 valence electrons. The number of carbonyl (C=O) groups is 2. The van der Waals surface area contributed by atoms with Crippen molar-refractivity contribution in [3.8, 4) is 0 Å². The molecule has 0 radical (unpaired) electrons. The maximum absolute atomic E-state index is 12.4. The number of aromatic nitrogens is 1. The van der Waals surface area contributed by atoms with Crippen LogP contribution in [0.15, 0.2) is 34.5 Å². The lowest BCUT2D eigenvalue weighted by Gasteiger charge is -2.31. The van der Waals surface area contributed by atoms with Crippen molar-refractivity contribution < 1.29 is 9.59 Å². The van der Waals surface area contributed by atoms with Crippen LogP contribution in [-0.2, 0) is 9.59 Å². The van der Waals surface area contributed by atoms with Crippen molar-refractivity contribution >= 4 is 40.0 Å². The van der Waals surface area contributed by atoms with Crippen LogP contribution in [0.25, 0.3) is 0 Å². The number of nitrogens with one attached hydrogen (secondary N) is 1. The van der Waals surface area contributed by atoms with Crippen LogP contribution in [0.5, 0.6) is 0 Å². The van der Waals surface area contributed by atoms with Crippen LogP contribution < -0.4 is 5.32 Å². The van der Waals surface area contributed by atoms with Gasteiger partial charge in [-0.15, -0.1) is 23.1 Å². The summed E-state index contributed by atoms with van der Waals surface area (Å²) in [7, 11) is 0. The van der Waals surface area contributed by atoms with E-state index in [1.54, 1.807) is 11.8 Å².